The predicted molar refractivity (Wildman–Crippen MR) is 84.6 cm³/mol. The average Bonchev–Trinajstić information content (AvgIpc) is 2.54. The summed E-state index contributed by atoms with van der Waals surface area (Å²) in [7, 11) is 0. The molecule has 0 fully saturated rings. The molecule has 0 saturated heterocycles. The van der Waals surface area contributed by atoms with E-state index in [9.17, 15) is 0 Å². The Labute approximate surface area is 118 Å². The van der Waals surface area contributed by atoms with Crippen molar-refractivity contribution in [1.29, 1.82) is 0 Å². The Morgan fingerprint density at radius 1 is 0.500 bits per heavy atom. The molecule has 0 heterocycles. The molecule has 0 amide bonds. The van der Waals surface area contributed by atoms with Gasteiger partial charge in [-0.25, -0.2) is 0 Å². The first-order valence-electron chi connectivity index (χ1n) is 6.73. The number of hydrogen-bond donors (Lipinski definition) is 0. The summed E-state index contributed by atoms with van der Waals surface area (Å²) in [5.41, 5.74) is 2.51. The molecule has 0 nitrogen and oxygen atoms in total. The molecule has 0 bridgehead atoms. The van der Waals surface area contributed by atoms with Gasteiger partial charge in [-0.05, 0) is 44.8 Å². The summed E-state index contributed by atoms with van der Waals surface area (Å²) in [5, 5.41) is 4.79. The molecule has 92 valence electrons. The van der Waals surface area contributed by atoms with E-state index in [2.05, 4.69) is 60.7 Å². The molecule has 0 atom stereocenters. The van der Waals surface area contributed by atoms with Gasteiger partial charge in [0.05, 0.1) is 0 Å². The largest absolute Gasteiger partial charge is 0.0610 e. The van der Waals surface area contributed by atoms with E-state index in [1.807, 2.05) is 24.3 Å². The molecule has 0 aliphatic carbocycles. The lowest BCUT2D eigenvalue weighted by atomic mass is 9.94. The van der Waals surface area contributed by atoms with Gasteiger partial charge in [0.25, 0.3) is 0 Å². The van der Waals surface area contributed by atoms with Crippen LogP contribution < -0.4 is 0 Å². The van der Waals surface area contributed by atoms with Crippen molar-refractivity contribution in [2.24, 2.45) is 0 Å². The van der Waals surface area contributed by atoms with E-state index in [1.54, 1.807) is 0 Å². The molecule has 0 heteroatoms. The summed E-state index contributed by atoms with van der Waals surface area (Å²) in [4.78, 5) is 0. The maximum Gasteiger partial charge on any atom is -0.00990 e. The van der Waals surface area contributed by atoms with Gasteiger partial charge in [0, 0.05) is 0 Å². The summed E-state index contributed by atoms with van der Waals surface area (Å²) >= 11 is 0. The second-order valence-electron chi connectivity index (χ2n) is 4.87. The van der Waals surface area contributed by atoms with Crippen LogP contribution in [0.25, 0.3) is 32.7 Å². The number of hydrogen-bond acceptors (Lipinski definition) is 0. The predicted octanol–water partition coefficient (Wildman–Crippen LogP) is 5.26. The topological polar surface area (TPSA) is 0 Å². The van der Waals surface area contributed by atoms with E-state index >= 15 is 0 Å². The van der Waals surface area contributed by atoms with Gasteiger partial charge < -0.3 is 0 Å². The van der Waals surface area contributed by atoms with E-state index in [1.165, 1.54) is 21.9 Å². The van der Waals surface area contributed by atoms with Gasteiger partial charge >= 0.3 is 0 Å². The molecule has 4 rings (SSSR count). The first-order chi connectivity index (χ1) is 9.93. The lowest BCUT2D eigenvalue weighted by Crippen LogP contribution is -1.83. The van der Waals surface area contributed by atoms with E-state index in [-0.39, 0.29) is 0 Å². The molecule has 0 aromatic heterocycles. The van der Waals surface area contributed by atoms with Crippen molar-refractivity contribution in [3.05, 3.63) is 84.9 Å². The third kappa shape index (κ3) is 1.70. The maximum atomic E-state index is 3.30. The number of rotatable bonds is 1. The minimum Gasteiger partial charge on any atom is -0.0610 e. The molecule has 0 aliphatic heterocycles. The normalized spacial score (nSPS) is 11.0. The highest BCUT2D eigenvalue weighted by Gasteiger charge is 2.06. The highest BCUT2D eigenvalue weighted by atomic mass is 14.1. The van der Waals surface area contributed by atoms with Crippen LogP contribution in [0, 0.1) is 12.1 Å². The molecular formula is C20H12. The van der Waals surface area contributed by atoms with Crippen molar-refractivity contribution < 1.29 is 0 Å². The first-order valence-corrected chi connectivity index (χ1v) is 6.73. The van der Waals surface area contributed by atoms with Crippen molar-refractivity contribution in [3.63, 3.8) is 0 Å². The van der Waals surface area contributed by atoms with Crippen LogP contribution >= 0.6 is 0 Å². The number of benzene rings is 4. The Morgan fingerprint density at radius 2 is 1.00 bits per heavy atom. The summed E-state index contributed by atoms with van der Waals surface area (Å²) < 4.78 is 0. The van der Waals surface area contributed by atoms with Crippen molar-refractivity contribution in [3.8, 4) is 11.1 Å². The summed E-state index contributed by atoms with van der Waals surface area (Å²) in [5.74, 6) is 0. The van der Waals surface area contributed by atoms with Crippen molar-refractivity contribution >= 4 is 21.5 Å². The lowest BCUT2D eigenvalue weighted by Gasteiger charge is -2.09. The average molecular weight is 252 g/mol. The van der Waals surface area contributed by atoms with Crippen LogP contribution in [0.5, 0.6) is 0 Å². The van der Waals surface area contributed by atoms with Gasteiger partial charge in [0.15, 0.2) is 0 Å². The molecule has 2 radical (unpaired) electrons. The fourth-order valence-electron chi connectivity index (χ4n) is 2.78. The molecule has 4 aromatic carbocycles. The highest BCUT2D eigenvalue weighted by Crippen LogP contribution is 2.33. The molecule has 0 aliphatic rings. The second-order valence-corrected chi connectivity index (χ2v) is 4.87. The zero-order chi connectivity index (χ0) is 13.4. The summed E-state index contributed by atoms with van der Waals surface area (Å²) in [6, 6.07) is 31.7. The molecule has 0 saturated carbocycles. The van der Waals surface area contributed by atoms with Crippen LogP contribution in [0.2, 0.25) is 0 Å². The molecule has 4 aromatic rings. The second kappa shape index (κ2) is 4.50. The Balaban J connectivity index is 2.12. The van der Waals surface area contributed by atoms with Gasteiger partial charge in [-0.2, -0.15) is 0 Å². The summed E-state index contributed by atoms with van der Waals surface area (Å²) in [6.07, 6.45) is 0. The molecular weight excluding hydrogens is 240 g/mol. The van der Waals surface area contributed by atoms with E-state index in [4.69, 9.17) is 0 Å². The van der Waals surface area contributed by atoms with Crippen molar-refractivity contribution in [2.75, 3.05) is 0 Å². The lowest BCUT2D eigenvalue weighted by molar-refractivity contribution is 1.68. The smallest absolute Gasteiger partial charge is 0.00990 e. The molecule has 20 heavy (non-hydrogen) atoms. The van der Waals surface area contributed by atoms with E-state index in [0.717, 1.165) is 10.8 Å². The van der Waals surface area contributed by atoms with Gasteiger partial charge in [0.2, 0.25) is 0 Å². The minimum atomic E-state index is 1.15. The van der Waals surface area contributed by atoms with Gasteiger partial charge in [-0.1, -0.05) is 72.8 Å². The van der Waals surface area contributed by atoms with Crippen LogP contribution in [0.4, 0.5) is 0 Å². The van der Waals surface area contributed by atoms with Crippen LogP contribution in [-0.4, -0.2) is 0 Å². The fourth-order valence-corrected chi connectivity index (χ4v) is 2.78. The van der Waals surface area contributed by atoms with Gasteiger partial charge in [-0.3, -0.25) is 0 Å². The van der Waals surface area contributed by atoms with E-state index in [0.29, 0.717) is 0 Å². The molecule has 0 N–H and O–H groups in total. The van der Waals surface area contributed by atoms with Gasteiger partial charge in [-0.15, -0.1) is 0 Å². The van der Waals surface area contributed by atoms with Crippen LogP contribution in [-0.2, 0) is 0 Å². The third-order valence-electron chi connectivity index (χ3n) is 3.70. The Kier molecular flexibility index (Phi) is 2.53. The quantitative estimate of drug-likeness (QED) is 0.433. The van der Waals surface area contributed by atoms with E-state index < -0.39 is 0 Å². The first kappa shape index (κ1) is 11.2. The highest BCUT2D eigenvalue weighted by molar-refractivity contribution is 6.05. The third-order valence-corrected chi connectivity index (χ3v) is 3.70. The summed E-state index contributed by atoms with van der Waals surface area (Å²) in [6.45, 7) is 0. The zero-order valence-corrected chi connectivity index (χ0v) is 10.9. The fraction of sp³-hybridized carbons (Fsp3) is 0. The molecule has 0 spiro atoms. The zero-order valence-electron chi connectivity index (χ0n) is 10.9. The van der Waals surface area contributed by atoms with Crippen LogP contribution in [0.15, 0.2) is 72.8 Å². The maximum absolute atomic E-state index is 3.30. The Hall–Kier alpha value is -2.60. The van der Waals surface area contributed by atoms with Gasteiger partial charge in [0.1, 0.15) is 0 Å². The Bertz CT molecular complexity index is 816. The monoisotopic (exact) mass is 252 g/mol. The van der Waals surface area contributed by atoms with Crippen molar-refractivity contribution in [1.82, 2.24) is 0 Å². The molecule has 0 unspecified atom stereocenters. The Morgan fingerprint density at radius 3 is 1.50 bits per heavy atom. The number of fused-ring (bicyclic) bond motifs is 2. The minimum absolute atomic E-state index is 1.15. The standard InChI is InChI=1S/C20H12/c1-3-11-17-15(7-1)9-5-13-19(17)20-14-6-10-16-8-2-4-12-18(16)20/h1-6,9-14H. The van der Waals surface area contributed by atoms with Crippen LogP contribution in [0.1, 0.15) is 0 Å². The SMILES string of the molecule is [c]1cccc2c(-c3cccc4[c]cccc34)cccc12. The van der Waals surface area contributed by atoms with Crippen LogP contribution in [0.3, 0.4) is 0 Å². The van der Waals surface area contributed by atoms with Crippen molar-refractivity contribution in [2.45, 2.75) is 0 Å².